The van der Waals surface area contributed by atoms with Crippen LogP contribution >= 0.6 is 12.2 Å². The van der Waals surface area contributed by atoms with E-state index in [-0.39, 0.29) is 5.11 Å². The zero-order chi connectivity index (χ0) is 12.1. The Morgan fingerprint density at radius 1 is 1.29 bits per heavy atom. The van der Waals surface area contributed by atoms with Gasteiger partial charge in [0.2, 0.25) is 0 Å². The monoisotopic (exact) mass is 248 g/mol. The molecule has 0 amide bonds. The third-order valence-corrected chi connectivity index (χ3v) is 2.20. The molecule has 0 spiro atoms. The fraction of sp³-hybridized carbons (Fsp3) is 0.0833. The number of thiocarbonyl (C=S) groups is 1. The normalized spacial score (nSPS) is 9.88. The van der Waals surface area contributed by atoms with Crippen molar-refractivity contribution in [2.75, 3.05) is 5.32 Å². The lowest BCUT2D eigenvalue weighted by Crippen LogP contribution is -2.19. The number of nitrogens with two attached hydrogens (primary N) is 1. The molecule has 0 aliphatic heterocycles. The smallest absolute Gasteiger partial charge is 0.168 e. The van der Waals surface area contributed by atoms with Gasteiger partial charge in [0, 0.05) is 0 Å². The van der Waals surface area contributed by atoms with Crippen LogP contribution in [0.25, 0.3) is 0 Å². The van der Waals surface area contributed by atoms with Crippen LogP contribution in [0.15, 0.2) is 47.1 Å². The molecule has 4 nitrogen and oxygen atoms in total. The van der Waals surface area contributed by atoms with Crippen LogP contribution in [0.3, 0.4) is 0 Å². The maximum atomic E-state index is 5.61. The second-order valence-corrected chi connectivity index (χ2v) is 3.79. The lowest BCUT2D eigenvalue weighted by Gasteiger charge is -2.11. The summed E-state index contributed by atoms with van der Waals surface area (Å²) < 4.78 is 10.8. The molecule has 3 N–H and O–H groups in total. The van der Waals surface area contributed by atoms with Crippen LogP contribution in [0.5, 0.6) is 5.75 Å². The minimum atomic E-state index is 0.207. The van der Waals surface area contributed by atoms with E-state index in [9.17, 15) is 0 Å². The summed E-state index contributed by atoms with van der Waals surface area (Å²) in [6.07, 6.45) is 1.61. The number of para-hydroxylation sites is 2. The van der Waals surface area contributed by atoms with Crippen LogP contribution in [-0.4, -0.2) is 5.11 Å². The molecule has 1 aromatic heterocycles. The average molecular weight is 248 g/mol. The number of benzene rings is 1. The summed E-state index contributed by atoms with van der Waals surface area (Å²) in [6.45, 7) is 0.364. The first-order valence-electron chi connectivity index (χ1n) is 5.06. The van der Waals surface area contributed by atoms with Gasteiger partial charge in [-0.1, -0.05) is 12.1 Å². The predicted octanol–water partition coefficient (Wildman–Crippen LogP) is 2.51. The van der Waals surface area contributed by atoms with Crippen LogP contribution < -0.4 is 15.8 Å². The number of rotatable bonds is 4. The Labute approximate surface area is 104 Å². The molecule has 2 aromatic rings. The molecule has 0 radical (unpaired) electrons. The van der Waals surface area contributed by atoms with E-state index in [0.717, 1.165) is 11.4 Å². The van der Waals surface area contributed by atoms with Gasteiger partial charge in [0.1, 0.15) is 18.1 Å². The predicted molar refractivity (Wildman–Crippen MR) is 69.9 cm³/mol. The summed E-state index contributed by atoms with van der Waals surface area (Å²) in [5, 5.41) is 3.06. The molecule has 1 heterocycles. The van der Waals surface area contributed by atoms with Crippen molar-refractivity contribution in [3.05, 3.63) is 48.4 Å². The summed E-state index contributed by atoms with van der Waals surface area (Å²) in [6, 6.07) is 11.1. The molecule has 2 rings (SSSR count). The van der Waals surface area contributed by atoms with Crippen molar-refractivity contribution in [2.24, 2.45) is 5.73 Å². The molecule has 0 aliphatic carbocycles. The molecule has 0 unspecified atom stereocenters. The van der Waals surface area contributed by atoms with E-state index in [1.807, 2.05) is 36.4 Å². The van der Waals surface area contributed by atoms with Crippen LogP contribution in [0.2, 0.25) is 0 Å². The van der Waals surface area contributed by atoms with Crippen molar-refractivity contribution in [2.45, 2.75) is 6.61 Å². The zero-order valence-corrected chi connectivity index (χ0v) is 9.87. The van der Waals surface area contributed by atoms with E-state index < -0.39 is 0 Å². The van der Waals surface area contributed by atoms with Crippen molar-refractivity contribution in [3.8, 4) is 5.75 Å². The van der Waals surface area contributed by atoms with E-state index in [4.69, 9.17) is 27.1 Å². The average Bonchev–Trinajstić information content (AvgIpc) is 2.80. The fourth-order valence-electron chi connectivity index (χ4n) is 1.37. The number of anilines is 1. The first-order chi connectivity index (χ1) is 8.25. The number of nitrogens with one attached hydrogen (secondary N) is 1. The standard InChI is InChI=1S/C12H12N2O2S/c13-12(17)14-10-5-1-2-6-11(10)16-8-9-4-3-7-15-9/h1-7H,8H2,(H3,13,14,17). The summed E-state index contributed by atoms with van der Waals surface area (Å²) in [5.41, 5.74) is 6.17. The lowest BCUT2D eigenvalue weighted by molar-refractivity contribution is 0.271. The highest BCUT2D eigenvalue weighted by atomic mass is 32.1. The number of furan rings is 1. The molecule has 0 saturated heterocycles. The van der Waals surface area contributed by atoms with Gasteiger partial charge in [-0.05, 0) is 36.5 Å². The van der Waals surface area contributed by atoms with Gasteiger partial charge in [0.25, 0.3) is 0 Å². The third-order valence-electron chi connectivity index (χ3n) is 2.09. The van der Waals surface area contributed by atoms with Gasteiger partial charge in [-0.3, -0.25) is 0 Å². The van der Waals surface area contributed by atoms with Crippen molar-refractivity contribution < 1.29 is 9.15 Å². The molecule has 0 saturated carbocycles. The second-order valence-electron chi connectivity index (χ2n) is 3.35. The van der Waals surface area contributed by atoms with E-state index in [1.54, 1.807) is 6.26 Å². The van der Waals surface area contributed by atoms with Gasteiger partial charge in [-0.15, -0.1) is 0 Å². The van der Waals surface area contributed by atoms with E-state index >= 15 is 0 Å². The Morgan fingerprint density at radius 2 is 2.12 bits per heavy atom. The van der Waals surface area contributed by atoms with Crippen molar-refractivity contribution in [1.29, 1.82) is 0 Å². The maximum Gasteiger partial charge on any atom is 0.168 e. The molecular formula is C12H12N2O2S. The van der Waals surface area contributed by atoms with Crippen molar-refractivity contribution in [1.82, 2.24) is 0 Å². The van der Waals surface area contributed by atoms with Gasteiger partial charge in [0.05, 0.1) is 12.0 Å². The Bertz CT molecular complexity index is 497. The fourth-order valence-corrected chi connectivity index (χ4v) is 1.48. The minimum absolute atomic E-state index is 0.207. The van der Waals surface area contributed by atoms with E-state index in [2.05, 4.69) is 5.32 Å². The van der Waals surface area contributed by atoms with Crippen LogP contribution in [-0.2, 0) is 6.61 Å². The number of hydrogen-bond donors (Lipinski definition) is 2. The third kappa shape index (κ3) is 3.22. The molecule has 88 valence electrons. The second kappa shape index (κ2) is 5.36. The van der Waals surface area contributed by atoms with E-state index in [1.165, 1.54) is 0 Å². The quantitative estimate of drug-likeness (QED) is 0.814. The topological polar surface area (TPSA) is 60.4 Å². The maximum absolute atomic E-state index is 5.61. The van der Waals surface area contributed by atoms with Gasteiger partial charge < -0.3 is 20.2 Å². The summed E-state index contributed by atoms with van der Waals surface area (Å²) in [4.78, 5) is 0. The van der Waals surface area contributed by atoms with E-state index in [0.29, 0.717) is 12.4 Å². The zero-order valence-electron chi connectivity index (χ0n) is 9.05. The Hall–Kier alpha value is -2.01. The van der Waals surface area contributed by atoms with Gasteiger partial charge in [0.15, 0.2) is 5.11 Å². The first-order valence-corrected chi connectivity index (χ1v) is 5.47. The molecule has 17 heavy (non-hydrogen) atoms. The Morgan fingerprint density at radius 3 is 2.82 bits per heavy atom. The summed E-state index contributed by atoms with van der Waals surface area (Å²) >= 11 is 4.79. The number of hydrogen-bond acceptors (Lipinski definition) is 3. The molecule has 5 heteroatoms. The number of ether oxygens (including phenoxy) is 1. The van der Waals surface area contributed by atoms with Crippen molar-refractivity contribution >= 4 is 23.0 Å². The first kappa shape index (κ1) is 11.5. The van der Waals surface area contributed by atoms with Crippen LogP contribution in [0.1, 0.15) is 5.76 Å². The highest BCUT2D eigenvalue weighted by Gasteiger charge is 2.04. The summed E-state index contributed by atoms with van der Waals surface area (Å²) in [5.74, 6) is 1.44. The van der Waals surface area contributed by atoms with Gasteiger partial charge in [-0.25, -0.2) is 0 Å². The van der Waals surface area contributed by atoms with Gasteiger partial charge in [-0.2, -0.15) is 0 Å². The molecule has 0 bridgehead atoms. The van der Waals surface area contributed by atoms with Gasteiger partial charge >= 0.3 is 0 Å². The SMILES string of the molecule is NC(=S)Nc1ccccc1OCc1ccco1. The Balaban J connectivity index is 2.06. The largest absolute Gasteiger partial charge is 0.483 e. The molecule has 1 aromatic carbocycles. The highest BCUT2D eigenvalue weighted by molar-refractivity contribution is 7.80. The minimum Gasteiger partial charge on any atom is -0.483 e. The lowest BCUT2D eigenvalue weighted by atomic mass is 10.3. The molecule has 0 aliphatic rings. The van der Waals surface area contributed by atoms with Crippen LogP contribution in [0.4, 0.5) is 5.69 Å². The van der Waals surface area contributed by atoms with Crippen LogP contribution in [0, 0.1) is 0 Å². The molecule has 0 atom stereocenters. The molecular weight excluding hydrogens is 236 g/mol. The summed E-state index contributed by atoms with van der Waals surface area (Å²) in [7, 11) is 0. The Kier molecular flexibility index (Phi) is 3.62. The highest BCUT2D eigenvalue weighted by Crippen LogP contribution is 2.24. The van der Waals surface area contributed by atoms with Crippen molar-refractivity contribution in [3.63, 3.8) is 0 Å². The molecule has 0 fully saturated rings.